The molecule has 2 aliphatic heterocycles. The summed E-state index contributed by atoms with van der Waals surface area (Å²) in [6.07, 6.45) is 1.80. The number of nitrogens with one attached hydrogen (secondary N) is 1. The Balaban J connectivity index is 1.38. The summed E-state index contributed by atoms with van der Waals surface area (Å²) < 4.78 is 11.3. The van der Waals surface area contributed by atoms with Crippen LogP contribution in [0.25, 0.3) is 0 Å². The van der Waals surface area contributed by atoms with Crippen molar-refractivity contribution in [3.63, 3.8) is 0 Å². The first-order valence-electron chi connectivity index (χ1n) is 9.66. The third kappa shape index (κ3) is 3.83. The molecule has 28 heavy (non-hydrogen) atoms. The highest BCUT2D eigenvalue weighted by molar-refractivity contribution is 5.75. The molecule has 0 atom stereocenters. The lowest BCUT2D eigenvalue weighted by Gasteiger charge is -2.37. The van der Waals surface area contributed by atoms with Gasteiger partial charge in [-0.05, 0) is 43.7 Å². The van der Waals surface area contributed by atoms with Gasteiger partial charge in [-0.25, -0.2) is 9.78 Å². The first kappa shape index (κ1) is 18.4. The van der Waals surface area contributed by atoms with Gasteiger partial charge in [-0.2, -0.15) is 0 Å². The van der Waals surface area contributed by atoms with Crippen molar-refractivity contribution in [1.29, 1.82) is 0 Å². The summed E-state index contributed by atoms with van der Waals surface area (Å²) in [5.41, 5.74) is 0.461. The molecular weight excluding hydrogens is 356 g/mol. The molecule has 1 aromatic carbocycles. The minimum Gasteiger partial charge on any atom is -0.486 e. The number of carbonyl (C=O) groups is 1. The molecule has 3 heterocycles. The topological polar surface area (TPSA) is 66.9 Å². The number of aromatic nitrogens is 1. The largest absolute Gasteiger partial charge is 0.486 e. The minimum absolute atomic E-state index is 0.0550. The van der Waals surface area contributed by atoms with Crippen LogP contribution in [0.15, 0.2) is 42.6 Å². The molecule has 0 unspecified atom stereocenters. The van der Waals surface area contributed by atoms with Gasteiger partial charge in [0.25, 0.3) is 0 Å². The van der Waals surface area contributed by atoms with E-state index in [4.69, 9.17) is 9.47 Å². The van der Waals surface area contributed by atoms with Crippen molar-refractivity contribution in [2.24, 2.45) is 0 Å². The Morgan fingerprint density at radius 1 is 1.04 bits per heavy atom. The zero-order chi connectivity index (χ0) is 19.6. The zero-order valence-corrected chi connectivity index (χ0v) is 16.4. The van der Waals surface area contributed by atoms with Crippen LogP contribution in [0.5, 0.6) is 11.5 Å². The maximum atomic E-state index is 12.8. The summed E-state index contributed by atoms with van der Waals surface area (Å²) in [7, 11) is 0. The Morgan fingerprint density at radius 3 is 2.50 bits per heavy atom. The standard InChI is InChI=1S/C21H26N4O3/c1-21(2,16-6-7-17-18(15-16)28-14-13-27-17)23-20(26)25-11-9-24(10-12-25)19-5-3-4-8-22-19/h3-8,15H,9-14H2,1-2H3,(H,23,26). The number of fused-ring (bicyclic) bond motifs is 1. The summed E-state index contributed by atoms with van der Waals surface area (Å²) in [4.78, 5) is 21.3. The number of hydrogen-bond acceptors (Lipinski definition) is 5. The lowest BCUT2D eigenvalue weighted by Crippen LogP contribution is -2.55. The van der Waals surface area contributed by atoms with E-state index in [-0.39, 0.29) is 6.03 Å². The molecule has 7 nitrogen and oxygen atoms in total. The van der Waals surface area contributed by atoms with Crippen LogP contribution in [0.1, 0.15) is 19.4 Å². The van der Waals surface area contributed by atoms with Gasteiger partial charge in [0.15, 0.2) is 11.5 Å². The van der Waals surface area contributed by atoms with Gasteiger partial charge in [-0.3, -0.25) is 0 Å². The maximum Gasteiger partial charge on any atom is 0.318 e. The van der Waals surface area contributed by atoms with Crippen LogP contribution < -0.4 is 19.7 Å². The molecule has 7 heteroatoms. The number of amides is 2. The van der Waals surface area contributed by atoms with Gasteiger partial charge in [0.05, 0.1) is 5.54 Å². The summed E-state index contributed by atoms with van der Waals surface area (Å²) in [6, 6.07) is 11.7. The average Bonchev–Trinajstić information content (AvgIpc) is 2.74. The molecule has 1 saturated heterocycles. The predicted octanol–water partition coefficient (Wildman–Crippen LogP) is 2.62. The van der Waals surface area contributed by atoms with Gasteiger partial charge in [0.2, 0.25) is 0 Å². The highest BCUT2D eigenvalue weighted by Gasteiger charge is 2.29. The molecule has 0 aliphatic carbocycles. The van der Waals surface area contributed by atoms with Gasteiger partial charge < -0.3 is 24.6 Å². The molecule has 1 aromatic heterocycles. The van der Waals surface area contributed by atoms with Gasteiger partial charge in [0, 0.05) is 32.4 Å². The zero-order valence-electron chi connectivity index (χ0n) is 16.4. The van der Waals surface area contributed by atoms with Crippen LogP contribution in [0, 0.1) is 0 Å². The quantitative estimate of drug-likeness (QED) is 0.884. The van der Waals surface area contributed by atoms with Gasteiger partial charge in [-0.15, -0.1) is 0 Å². The van der Waals surface area contributed by atoms with Crippen molar-refractivity contribution in [3.8, 4) is 11.5 Å². The van der Waals surface area contributed by atoms with E-state index in [9.17, 15) is 4.79 Å². The summed E-state index contributed by atoms with van der Waals surface area (Å²) in [6.45, 7) is 7.99. The molecule has 2 amide bonds. The number of carbonyl (C=O) groups excluding carboxylic acids is 1. The SMILES string of the molecule is CC(C)(NC(=O)N1CCN(c2ccccn2)CC1)c1ccc2c(c1)OCCO2. The molecule has 148 valence electrons. The number of hydrogen-bond donors (Lipinski definition) is 1. The molecule has 2 aromatic rings. The molecule has 0 radical (unpaired) electrons. The second-order valence-electron chi connectivity index (χ2n) is 7.58. The van der Waals surface area contributed by atoms with Crippen LogP contribution in [-0.2, 0) is 5.54 Å². The number of piperazine rings is 1. The monoisotopic (exact) mass is 382 g/mol. The number of benzene rings is 1. The first-order valence-corrected chi connectivity index (χ1v) is 9.66. The first-order chi connectivity index (χ1) is 13.5. The van der Waals surface area contributed by atoms with Crippen LogP contribution in [0.3, 0.4) is 0 Å². The van der Waals surface area contributed by atoms with Crippen molar-refractivity contribution in [1.82, 2.24) is 15.2 Å². The minimum atomic E-state index is -0.523. The van der Waals surface area contributed by atoms with Gasteiger partial charge >= 0.3 is 6.03 Å². The Labute approximate surface area is 165 Å². The fourth-order valence-electron chi connectivity index (χ4n) is 3.53. The van der Waals surface area contributed by atoms with Gasteiger partial charge in [0.1, 0.15) is 19.0 Å². The number of anilines is 1. The Kier molecular flexibility index (Phi) is 4.98. The van der Waals surface area contributed by atoms with E-state index in [2.05, 4.69) is 15.2 Å². The van der Waals surface area contributed by atoms with Crippen LogP contribution in [0.4, 0.5) is 10.6 Å². The van der Waals surface area contributed by atoms with E-state index in [1.165, 1.54) is 0 Å². The van der Waals surface area contributed by atoms with Crippen molar-refractivity contribution in [2.45, 2.75) is 19.4 Å². The van der Waals surface area contributed by atoms with Crippen LogP contribution in [0.2, 0.25) is 0 Å². The van der Waals surface area contributed by atoms with E-state index in [0.717, 1.165) is 36.0 Å². The number of ether oxygens (including phenoxy) is 2. The normalized spacial score (nSPS) is 16.6. The van der Waals surface area contributed by atoms with Crippen molar-refractivity contribution < 1.29 is 14.3 Å². The molecule has 0 saturated carbocycles. The molecule has 4 rings (SSSR count). The van der Waals surface area contributed by atoms with Gasteiger partial charge in [-0.1, -0.05) is 12.1 Å². The van der Waals surface area contributed by atoms with E-state index >= 15 is 0 Å². The average molecular weight is 382 g/mol. The third-order valence-corrected chi connectivity index (χ3v) is 5.22. The lowest BCUT2D eigenvalue weighted by molar-refractivity contribution is 0.170. The summed E-state index contributed by atoms with van der Waals surface area (Å²) >= 11 is 0. The Hall–Kier alpha value is -2.96. The fourth-order valence-corrected chi connectivity index (χ4v) is 3.53. The second-order valence-corrected chi connectivity index (χ2v) is 7.58. The fraction of sp³-hybridized carbons (Fsp3) is 0.429. The van der Waals surface area contributed by atoms with Crippen molar-refractivity contribution >= 4 is 11.8 Å². The molecule has 1 N–H and O–H groups in total. The predicted molar refractivity (Wildman–Crippen MR) is 107 cm³/mol. The maximum absolute atomic E-state index is 12.8. The summed E-state index contributed by atoms with van der Waals surface area (Å²) in [5.74, 6) is 2.44. The van der Waals surface area contributed by atoms with Crippen molar-refractivity contribution in [3.05, 3.63) is 48.2 Å². The second kappa shape index (κ2) is 7.58. The lowest BCUT2D eigenvalue weighted by atomic mass is 9.94. The van der Waals surface area contributed by atoms with E-state index in [1.807, 2.05) is 55.1 Å². The molecular formula is C21H26N4O3. The Morgan fingerprint density at radius 2 is 1.79 bits per heavy atom. The number of rotatable bonds is 3. The van der Waals surface area contributed by atoms with E-state index in [0.29, 0.717) is 26.3 Å². The summed E-state index contributed by atoms with van der Waals surface area (Å²) in [5, 5.41) is 3.16. The number of nitrogens with zero attached hydrogens (tertiary/aromatic N) is 3. The van der Waals surface area contributed by atoms with Crippen molar-refractivity contribution in [2.75, 3.05) is 44.3 Å². The highest BCUT2D eigenvalue weighted by Crippen LogP contribution is 2.34. The van der Waals surface area contributed by atoms with E-state index < -0.39 is 5.54 Å². The van der Waals surface area contributed by atoms with Crippen LogP contribution in [-0.4, -0.2) is 55.3 Å². The molecule has 0 spiro atoms. The Bertz CT molecular complexity index is 833. The third-order valence-electron chi connectivity index (χ3n) is 5.22. The van der Waals surface area contributed by atoms with E-state index in [1.54, 1.807) is 6.20 Å². The molecule has 1 fully saturated rings. The number of urea groups is 1. The van der Waals surface area contributed by atoms with Crippen LogP contribution >= 0.6 is 0 Å². The number of pyridine rings is 1. The highest BCUT2D eigenvalue weighted by atomic mass is 16.6. The molecule has 0 bridgehead atoms. The molecule has 2 aliphatic rings. The smallest absolute Gasteiger partial charge is 0.318 e.